The molecular formula is C15H23N3O3. The molecule has 0 aromatic heterocycles. The molecule has 0 bridgehead atoms. The molecule has 1 aliphatic rings. The van der Waals surface area contributed by atoms with Crippen LogP contribution in [0.25, 0.3) is 0 Å². The van der Waals surface area contributed by atoms with Gasteiger partial charge in [-0.1, -0.05) is 0 Å². The summed E-state index contributed by atoms with van der Waals surface area (Å²) in [6.07, 6.45) is 2.22. The van der Waals surface area contributed by atoms with Crippen molar-refractivity contribution in [3.8, 4) is 0 Å². The molecule has 6 nitrogen and oxygen atoms in total. The van der Waals surface area contributed by atoms with E-state index >= 15 is 0 Å². The fourth-order valence-corrected chi connectivity index (χ4v) is 2.99. The molecule has 1 N–H and O–H groups in total. The second-order valence-electron chi connectivity index (χ2n) is 5.92. The van der Waals surface area contributed by atoms with Gasteiger partial charge in [0, 0.05) is 43.0 Å². The molecule has 2 rings (SSSR count). The van der Waals surface area contributed by atoms with E-state index in [4.69, 9.17) is 0 Å². The van der Waals surface area contributed by atoms with Crippen LogP contribution in [0.4, 0.5) is 11.4 Å². The van der Waals surface area contributed by atoms with Crippen molar-refractivity contribution in [3.63, 3.8) is 0 Å². The molecule has 116 valence electrons. The van der Waals surface area contributed by atoms with Gasteiger partial charge in [0.2, 0.25) is 0 Å². The predicted molar refractivity (Wildman–Crippen MR) is 82.5 cm³/mol. The van der Waals surface area contributed by atoms with Gasteiger partial charge in [-0.05, 0) is 38.9 Å². The van der Waals surface area contributed by atoms with Crippen LogP contribution in [-0.2, 0) is 6.61 Å². The normalized spacial score (nSPS) is 16.5. The van der Waals surface area contributed by atoms with E-state index in [0.717, 1.165) is 38.2 Å². The number of anilines is 1. The number of rotatable bonds is 5. The van der Waals surface area contributed by atoms with E-state index in [1.165, 1.54) is 12.1 Å². The van der Waals surface area contributed by atoms with Crippen LogP contribution in [0.2, 0.25) is 0 Å². The van der Waals surface area contributed by atoms with Gasteiger partial charge in [0.25, 0.3) is 5.69 Å². The van der Waals surface area contributed by atoms with Crippen LogP contribution >= 0.6 is 0 Å². The van der Waals surface area contributed by atoms with Crippen molar-refractivity contribution in [3.05, 3.63) is 33.9 Å². The molecule has 1 saturated heterocycles. The fraction of sp³-hybridized carbons (Fsp3) is 0.600. The molecular weight excluding hydrogens is 270 g/mol. The number of nitrogens with zero attached hydrogens (tertiary/aromatic N) is 3. The van der Waals surface area contributed by atoms with E-state index in [-0.39, 0.29) is 12.3 Å². The minimum absolute atomic E-state index is 0.0327. The van der Waals surface area contributed by atoms with Crippen molar-refractivity contribution < 1.29 is 10.0 Å². The predicted octanol–water partition coefficient (Wildman–Crippen LogP) is 1.87. The van der Waals surface area contributed by atoms with Crippen LogP contribution in [0.3, 0.4) is 0 Å². The number of non-ortho nitro benzene ring substituents is 1. The third kappa shape index (κ3) is 3.92. The second-order valence-corrected chi connectivity index (χ2v) is 5.92. The first-order valence-electron chi connectivity index (χ1n) is 7.29. The summed E-state index contributed by atoms with van der Waals surface area (Å²) in [6, 6.07) is 4.75. The largest absolute Gasteiger partial charge is 0.392 e. The number of piperidine rings is 1. The van der Waals surface area contributed by atoms with Crippen molar-refractivity contribution in [2.75, 3.05) is 38.6 Å². The van der Waals surface area contributed by atoms with E-state index in [0.29, 0.717) is 11.5 Å². The van der Waals surface area contributed by atoms with Gasteiger partial charge in [0.15, 0.2) is 0 Å². The van der Waals surface area contributed by atoms with Crippen LogP contribution in [0.1, 0.15) is 18.4 Å². The molecule has 21 heavy (non-hydrogen) atoms. The molecule has 0 radical (unpaired) electrons. The van der Waals surface area contributed by atoms with Gasteiger partial charge in [-0.2, -0.15) is 0 Å². The lowest BCUT2D eigenvalue weighted by Crippen LogP contribution is -2.37. The van der Waals surface area contributed by atoms with E-state index in [9.17, 15) is 15.2 Å². The van der Waals surface area contributed by atoms with Crippen LogP contribution < -0.4 is 4.90 Å². The number of hydrogen-bond acceptors (Lipinski definition) is 5. The van der Waals surface area contributed by atoms with Crippen molar-refractivity contribution >= 4 is 11.4 Å². The zero-order chi connectivity index (χ0) is 15.4. The zero-order valence-electron chi connectivity index (χ0n) is 12.7. The Morgan fingerprint density at radius 3 is 2.57 bits per heavy atom. The van der Waals surface area contributed by atoms with Gasteiger partial charge in [-0.15, -0.1) is 0 Å². The standard InChI is InChI=1S/C15H23N3O3/c1-16(2)10-12-5-7-17(8-6-12)15-4-3-14(18(20)21)9-13(15)11-19/h3-4,9,12,19H,5-8,10-11H2,1-2H3. The Morgan fingerprint density at radius 1 is 1.38 bits per heavy atom. The molecule has 1 fully saturated rings. The lowest BCUT2D eigenvalue weighted by atomic mass is 9.95. The molecule has 0 spiro atoms. The number of aliphatic hydroxyl groups is 1. The van der Waals surface area contributed by atoms with E-state index in [2.05, 4.69) is 23.9 Å². The maximum atomic E-state index is 10.8. The first-order chi connectivity index (χ1) is 10.0. The molecule has 0 atom stereocenters. The van der Waals surface area contributed by atoms with Crippen LogP contribution in [0.15, 0.2) is 18.2 Å². The molecule has 0 amide bonds. The minimum atomic E-state index is -0.424. The monoisotopic (exact) mass is 293 g/mol. The molecule has 0 aliphatic carbocycles. The van der Waals surface area contributed by atoms with Gasteiger partial charge in [-0.25, -0.2) is 0 Å². The van der Waals surface area contributed by atoms with E-state index < -0.39 is 4.92 Å². The zero-order valence-corrected chi connectivity index (χ0v) is 12.7. The average molecular weight is 293 g/mol. The minimum Gasteiger partial charge on any atom is -0.392 e. The quantitative estimate of drug-likeness (QED) is 0.663. The SMILES string of the molecule is CN(C)CC1CCN(c2ccc([N+](=O)[O-])cc2CO)CC1. The van der Waals surface area contributed by atoms with Crippen LogP contribution in [0.5, 0.6) is 0 Å². The Hall–Kier alpha value is -1.66. The van der Waals surface area contributed by atoms with Crippen molar-refractivity contribution in [2.24, 2.45) is 5.92 Å². The summed E-state index contributed by atoms with van der Waals surface area (Å²) in [5.74, 6) is 0.701. The molecule has 0 unspecified atom stereocenters. The molecule has 1 aromatic rings. The summed E-state index contributed by atoms with van der Waals surface area (Å²) in [4.78, 5) is 14.8. The second kappa shape index (κ2) is 6.87. The average Bonchev–Trinajstić information content (AvgIpc) is 2.46. The van der Waals surface area contributed by atoms with Crippen molar-refractivity contribution in [1.29, 1.82) is 0 Å². The molecule has 1 aliphatic heterocycles. The lowest BCUT2D eigenvalue weighted by molar-refractivity contribution is -0.384. The Kier molecular flexibility index (Phi) is 5.14. The number of nitro benzene ring substituents is 1. The third-order valence-corrected chi connectivity index (χ3v) is 4.02. The highest BCUT2D eigenvalue weighted by atomic mass is 16.6. The summed E-state index contributed by atoms with van der Waals surface area (Å²) in [5.41, 5.74) is 1.59. The Labute approximate surface area is 125 Å². The van der Waals surface area contributed by atoms with Gasteiger partial charge < -0.3 is 14.9 Å². The van der Waals surface area contributed by atoms with Gasteiger partial charge in [0.05, 0.1) is 11.5 Å². The van der Waals surface area contributed by atoms with E-state index in [1.54, 1.807) is 6.07 Å². The summed E-state index contributed by atoms with van der Waals surface area (Å²) < 4.78 is 0. The number of hydrogen-bond donors (Lipinski definition) is 1. The smallest absolute Gasteiger partial charge is 0.269 e. The van der Waals surface area contributed by atoms with Crippen LogP contribution in [-0.4, -0.2) is 48.7 Å². The topological polar surface area (TPSA) is 69.9 Å². The Balaban J connectivity index is 2.07. The third-order valence-electron chi connectivity index (χ3n) is 4.02. The molecule has 1 heterocycles. The van der Waals surface area contributed by atoms with E-state index in [1.807, 2.05) is 0 Å². The van der Waals surface area contributed by atoms with Gasteiger partial charge >= 0.3 is 0 Å². The molecule has 0 saturated carbocycles. The Morgan fingerprint density at radius 2 is 2.05 bits per heavy atom. The summed E-state index contributed by atoms with van der Waals surface area (Å²) in [5, 5.41) is 20.3. The van der Waals surface area contributed by atoms with Crippen LogP contribution in [0, 0.1) is 16.0 Å². The first kappa shape index (κ1) is 15.7. The molecule has 1 aromatic carbocycles. The highest BCUT2D eigenvalue weighted by Gasteiger charge is 2.22. The summed E-state index contributed by atoms with van der Waals surface area (Å²) in [7, 11) is 4.18. The highest BCUT2D eigenvalue weighted by molar-refractivity contribution is 5.58. The first-order valence-corrected chi connectivity index (χ1v) is 7.29. The number of aliphatic hydroxyl groups excluding tert-OH is 1. The Bertz CT molecular complexity index is 497. The maximum absolute atomic E-state index is 10.8. The lowest BCUT2D eigenvalue weighted by Gasteiger charge is -2.35. The van der Waals surface area contributed by atoms with Crippen molar-refractivity contribution in [2.45, 2.75) is 19.4 Å². The fourth-order valence-electron chi connectivity index (χ4n) is 2.99. The number of benzene rings is 1. The van der Waals surface area contributed by atoms with Crippen molar-refractivity contribution in [1.82, 2.24) is 4.90 Å². The van der Waals surface area contributed by atoms with Gasteiger partial charge in [0.1, 0.15) is 0 Å². The summed E-state index contributed by atoms with van der Waals surface area (Å²) >= 11 is 0. The summed E-state index contributed by atoms with van der Waals surface area (Å²) in [6.45, 7) is 2.79. The van der Waals surface area contributed by atoms with Gasteiger partial charge in [-0.3, -0.25) is 10.1 Å². The molecule has 6 heteroatoms. The maximum Gasteiger partial charge on any atom is 0.269 e. The number of nitro groups is 1. The highest BCUT2D eigenvalue weighted by Crippen LogP contribution is 2.29.